The Hall–Kier alpha value is -1.56. The van der Waals surface area contributed by atoms with Crippen molar-refractivity contribution in [2.45, 2.75) is 40.2 Å². The largest absolute Gasteiger partial charge is 0.352 e. The van der Waals surface area contributed by atoms with Crippen LogP contribution in [0.15, 0.2) is 18.2 Å². The molecule has 21 heavy (non-hydrogen) atoms. The zero-order valence-electron chi connectivity index (χ0n) is 13.3. The van der Waals surface area contributed by atoms with Gasteiger partial charge in [-0.15, -0.1) is 0 Å². The number of amides is 1. The van der Waals surface area contributed by atoms with Gasteiger partial charge in [0.05, 0.1) is 11.9 Å². The fourth-order valence-corrected chi connectivity index (χ4v) is 2.93. The first-order valence-corrected chi connectivity index (χ1v) is 8.84. The molecule has 1 amide bonds. The third-order valence-corrected chi connectivity index (χ3v) is 4.45. The van der Waals surface area contributed by atoms with Crippen LogP contribution in [0.2, 0.25) is 0 Å². The average Bonchev–Trinajstić information content (AvgIpc) is 2.35. The van der Waals surface area contributed by atoms with E-state index in [2.05, 4.69) is 5.32 Å². The number of anilines is 1. The highest BCUT2D eigenvalue weighted by molar-refractivity contribution is 7.92. The smallest absolute Gasteiger partial charge is 0.240 e. The lowest BCUT2D eigenvalue weighted by Crippen LogP contribution is -2.43. The number of hydrogen-bond donors (Lipinski definition) is 1. The first-order valence-electron chi connectivity index (χ1n) is 6.99. The minimum absolute atomic E-state index is 0.0259. The van der Waals surface area contributed by atoms with Gasteiger partial charge in [-0.3, -0.25) is 9.10 Å². The Morgan fingerprint density at radius 3 is 2.43 bits per heavy atom. The van der Waals surface area contributed by atoms with Gasteiger partial charge in [0.2, 0.25) is 15.9 Å². The number of carbonyl (C=O) groups excluding carboxylic acids is 1. The Labute approximate surface area is 127 Å². The summed E-state index contributed by atoms with van der Waals surface area (Å²) in [6, 6.07) is 5.51. The molecule has 1 aromatic rings. The van der Waals surface area contributed by atoms with E-state index in [1.807, 2.05) is 39.8 Å². The van der Waals surface area contributed by atoms with Crippen molar-refractivity contribution in [3.8, 4) is 0 Å². The van der Waals surface area contributed by atoms with E-state index in [0.29, 0.717) is 5.69 Å². The van der Waals surface area contributed by atoms with Crippen molar-refractivity contribution < 1.29 is 13.2 Å². The number of carbonyl (C=O) groups is 1. The van der Waals surface area contributed by atoms with Crippen LogP contribution in [0, 0.1) is 13.8 Å². The van der Waals surface area contributed by atoms with Crippen LogP contribution in [0.1, 0.15) is 31.4 Å². The van der Waals surface area contributed by atoms with Gasteiger partial charge in [-0.1, -0.05) is 24.6 Å². The number of rotatable bonds is 6. The predicted octanol–water partition coefficient (Wildman–Crippen LogP) is 1.98. The fourth-order valence-electron chi connectivity index (χ4n) is 2.02. The Kier molecular flexibility index (Phi) is 5.78. The van der Waals surface area contributed by atoms with Gasteiger partial charge in [-0.2, -0.15) is 0 Å². The number of hydrogen-bond acceptors (Lipinski definition) is 3. The molecule has 0 spiro atoms. The molecule has 0 bridgehead atoms. The van der Waals surface area contributed by atoms with Crippen LogP contribution in [-0.2, 0) is 14.8 Å². The van der Waals surface area contributed by atoms with Crippen LogP contribution in [0.3, 0.4) is 0 Å². The summed E-state index contributed by atoms with van der Waals surface area (Å²) >= 11 is 0. The SMILES string of the molecule is CC[C@H](C)NC(=O)CN(c1ccc(C)cc1C)S(C)(=O)=O. The summed E-state index contributed by atoms with van der Waals surface area (Å²) in [7, 11) is -3.52. The second-order valence-electron chi connectivity index (χ2n) is 5.44. The van der Waals surface area contributed by atoms with Crippen LogP contribution < -0.4 is 9.62 Å². The van der Waals surface area contributed by atoms with E-state index in [-0.39, 0.29) is 18.5 Å². The topological polar surface area (TPSA) is 66.5 Å². The molecular weight excluding hydrogens is 288 g/mol. The molecule has 6 heteroatoms. The summed E-state index contributed by atoms with van der Waals surface area (Å²) in [4.78, 5) is 12.0. The summed E-state index contributed by atoms with van der Waals surface area (Å²) in [6.07, 6.45) is 1.91. The van der Waals surface area contributed by atoms with Gasteiger partial charge in [-0.25, -0.2) is 8.42 Å². The lowest BCUT2D eigenvalue weighted by Gasteiger charge is -2.24. The van der Waals surface area contributed by atoms with Crippen molar-refractivity contribution in [1.82, 2.24) is 5.32 Å². The number of nitrogens with zero attached hydrogens (tertiary/aromatic N) is 1. The molecule has 118 valence electrons. The van der Waals surface area contributed by atoms with Gasteiger partial charge < -0.3 is 5.32 Å². The zero-order chi connectivity index (χ0) is 16.2. The lowest BCUT2D eigenvalue weighted by atomic mass is 10.1. The summed E-state index contributed by atoms with van der Waals surface area (Å²) in [6.45, 7) is 7.43. The number of nitrogens with one attached hydrogen (secondary N) is 1. The summed E-state index contributed by atoms with van der Waals surface area (Å²) in [5, 5.41) is 2.79. The van der Waals surface area contributed by atoms with Crippen molar-refractivity contribution >= 4 is 21.6 Å². The van der Waals surface area contributed by atoms with Crippen LogP contribution in [0.4, 0.5) is 5.69 Å². The van der Waals surface area contributed by atoms with Gasteiger partial charge in [0.25, 0.3) is 0 Å². The van der Waals surface area contributed by atoms with Crippen molar-refractivity contribution in [2.24, 2.45) is 0 Å². The molecule has 0 heterocycles. The monoisotopic (exact) mass is 312 g/mol. The van der Waals surface area contributed by atoms with Gasteiger partial charge in [0, 0.05) is 6.04 Å². The zero-order valence-corrected chi connectivity index (χ0v) is 14.1. The second-order valence-corrected chi connectivity index (χ2v) is 7.34. The molecule has 0 aliphatic heterocycles. The molecule has 1 N–H and O–H groups in total. The standard InChI is InChI=1S/C15H24N2O3S/c1-6-13(4)16-15(18)10-17(21(5,19)20)14-8-7-11(2)9-12(14)3/h7-9,13H,6,10H2,1-5H3,(H,16,18)/t13-/m0/s1. The first-order chi connectivity index (χ1) is 9.65. The quantitative estimate of drug-likeness (QED) is 0.873. The van der Waals surface area contributed by atoms with Crippen LogP contribution in [0.25, 0.3) is 0 Å². The molecule has 0 radical (unpaired) electrons. The third kappa shape index (κ3) is 5.04. The van der Waals surface area contributed by atoms with Gasteiger partial charge in [-0.05, 0) is 38.8 Å². The highest BCUT2D eigenvalue weighted by atomic mass is 32.2. The minimum atomic E-state index is -3.52. The maximum absolute atomic E-state index is 12.0. The van der Waals surface area contributed by atoms with Crippen molar-refractivity contribution in [3.05, 3.63) is 29.3 Å². The van der Waals surface area contributed by atoms with E-state index in [4.69, 9.17) is 0 Å². The van der Waals surface area contributed by atoms with E-state index in [9.17, 15) is 13.2 Å². The molecule has 1 atom stereocenters. The maximum Gasteiger partial charge on any atom is 0.240 e. The van der Waals surface area contributed by atoms with Gasteiger partial charge >= 0.3 is 0 Å². The molecule has 1 aromatic carbocycles. The maximum atomic E-state index is 12.0. The average molecular weight is 312 g/mol. The lowest BCUT2D eigenvalue weighted by molar-refractivity contribution is -0.120. The van der Waals surface area contributed by atoms with E-state index in [0.717, 1.165) is 28.1 Å². The predicted molar refractivity (Wildman–Crippen MR) is 86.0 cm³/mol. The van der Waals surface area contributed by atoms with Crippen molar-refractivity contribution in [2.75, 3.05) is 17.1 Å². The van der Waals surface area contributed by atoms with Crippen molar-refractivity contribution in [1.29, 1.82) is 0 Å². The van der Waals surface area contributed by atoms with E-state index >= 15 is 0 Å². The molecule has 0 aliphatic rings. The first kappa shape index (κ1) is 17.5. The van der Waals surface area contributed by atoms with Gasteiger partial charge in [0.15, 0.2) is 0 Å². The number of benzene rings is 1. The summed E-state index contributed by atoms with van der Waals surface area (Å²) in [5.41, 5.74) is 2.42. The number of aryl methyl sites for hydroxylation is 2. The fraction of sp³-hybridized carbons (Fsp3) is 0.533. The number of sulfonamides is 1. The second kappa shape index (κ2) is 6.93. The van der Waals surface area contributed by atoms with Crippen LogP contribution in [-0.4, -0.2) is 33.2 Å². The van der Waals surface area contributed by atoms with E-state index in [1.54, 1.807) is 6.07 Å². The Morgan fingerprint density at radius 2 is 1.95 bits per heavy atom. The van der Waals surface area contributed by atoms with Crippen molar-refractivity contribution in [3.63, 3.8) is 0 Å². The summed E-state index contributed by atoms with van der Waals surface area (Å²) < 4.78 is 25.2. The third-order valence-electron chi connectivity index (χ3n) is 3.33. The van der Waals surface area contributed by atoms with Crippen LogP contribution in [0.5, 0.6) is 0 Å². The Bertz CT molecular complexity index is 611. The Balaban J connectivity index is 3.05. The van der Waals surface area contributed by atoms with Crippen LogP contribution >= 0.6 is 0 Å². The molecule has 0 saturated heterocycles. The molecule has 0 saturated carbocycles. The molecule has 1 rings (SSSR count). The Morgan fingerprint density at radius 1 is 1.33 bits per heavy atom. The minimum Gasteiger partial charge on any atom is -0.352 e. The van der Waals surface area contributed by atoms with E-state index < -0.39 is 10.0 Å². The molecule has 0 aromatic heterocycles. The molecule has 0 fully saturated rings. The molecule has 0 aliphatic carbocycles. The normalized spacial score (nSPS) is 12.8. The molecule has 5 nitrogen and oxygen atoms in total. The van der Waals surface area contributed by atoms with Gasteiger partial charge in [0.1, 0.15) is 6.54 Å². The van der Waals surface area contributed by atoms with E-state index in [1.165, 1.54) is 0 Å². The highest BCUT2D eigenvalue weighted by Gasteiger charge is 2.22. The summed E-state index contributed by atoms with van der Waals surface area (Å²) in [5.74, 6) is -0.297. The molecular formula is C15H24N2O3S. The molecule has 0 unspecified atom stereocenters. The highest BCUT2D eigenvalue weighted by Crippen LogP contribution is 2.23.